The summed E-state index contributed by atoms with van der Waals surface area (Å²) >= 11 is 1.63. The highest BCUT2D eigenvalue weighted by atomic mass is 32.1. The van der Waals surface area contributed by atoms with Gasteiger partial charge in [-0.25, -0.2) is 0 Å². The first-order valence-electron chi connectivity index (χ1n) is 9.63. The lowest BCUT2D eigenvalue weighted by Gasteiger charge is -2.30. The van der Waals surface area contributed by atoms with E-state index in [0.29, 0.717) is 17.8 Å². The number of thiophene rings is 1. The molecule has 0 unspecified atom stereocenters. The molecule has 0 saturated carbocycles. The van der Waals surface area contributed by atoms with Crippen LogP contribution in [0.1, 0.15) is 22.0 Å². The van der Waals surface area contributed by atoms with Crippen molar-refractivity contribution in [2.45, 2.75) is 12.5 Å². The predicted molar refractivity (Wildman–Crippen MR) is 117 cm³/mol. The molecule has 2 N–H and O–H groups in total. The second-order valence-electron chi connectivity index (χ2n) is 6.92. The summed E-state index contributed by atoms with van der Waals surface area (Å²) in [5, 5.41) is 16.4. The molecule has 1 atom stereocenters. The minimum Gasteiger partial charge on any atom is -0.361 e. The fraction of sp³-hybridized carbons (Fsp3) is 0.174. The number of nitriles is 1. The number of hydrogen-bond donors (Lipinski definition) is 2. The van der Waals surface area contributed by atoms with Gasteiger partial charge in [-0.3, -0.25) is 9.59 Å². The molecule has 0 spiro atoms. The molecule has 0 aliphatic carbocycles. The number of rotatable bonds is 5. The lowest BCUT2D eigenvalue weighted by Crippen LogP contribution is -2.41. The van der Waals surface area contributed by atoms with Crippen molar-refractivity contribution in [3.05, 3.63) is 82.0 Å². The number of carbonyl (C=O) groups is 2. The Labute approximate surface area is 178 Å². The number of fused-ring (bicyclic) bond motifs is 1. The molecule has 1 aliphatic heterocycles. The maximum Gasteiger partial charge on any atom is 0.313 e. The van der Waals surface area contributed by atoms with Crippen LogP contribution < -0.4 is 15.5 Å². The van der Waals surface area contributed by atoms with Gasteiger partial charge in [0.1, 0.15) is 6.07 Å². The molecule has 1 aromatic heterocycles. The standard InChI is InChI=1S/C23H20N4O2S/c24-14-17-7-1-3-8-18(17)26-23(29)22(28)25-15-20(21-10-5-13-30-21)27-12-11-16-6-2-4-9-19(16)27/h1-10,13,20H,11-12,15H2,(H,25,28)(H,26,29)/t20-/m1/s1. The monoisotopic (exact) mass is 416 g/mol. The zero-order valence-electron chi connectivity index (χ0n) is 16.2. The van der Waals surface area contributed by atoms with E-state index in [1.54, 1.807) is 35.6 Å². The molecule has 0 fully saturated rings. The van der Waals surface area contributed by atoms with E-state index in [9.17, 15) is 9.59 Å². The summed E-state index contributed by atoms with van der Waals surface area (Å²) in [5.41, 5.74) is 3.08. The van der Waals surface area contributed by atoms with E-state index in [1.165, 1.54) is 5.56 Å². The minimum atomic E-state index is -0.788. The van der Waals surface area contributed by atoms with Crippen LogP contribution in [0.3, 0.4) is 0 Å². The van der Waals surface area contributed by atoms with Crippen LogP contribution >= 0.6 is 11.3 Å². The number of para-hydroxylation sites is 2. The zero-order valence-corrected chi connectivity index (χ0v) is 17.0. The SMILES string of the molecule is N#Cc1ccccc1NC(=O)C(=O)NC[C@H](c1cccs1)N1CCc2ccccc21. The molecule has 0 radical (unpaired) electrons. The van der Waals surface area contributed by atoms with Crippen LogP contribution in [0.2, 0.25) is 0 Å². The minimum absolute atomic E-state index is 0.0585. The molecule has 4 rings (SSSR count). The van der Waals surface area contributed by atoms with Crippen molar-refractivity contribution in [2.75, 3.05) is 23.3 Å². The van der Waals surface area contributed by atoms with Crippen molar-refractivity contribution >= 4 is 34.5 Å². The summed E-state index contributed by atoms with van der Waals surface area (Å²) in [6.07, 6.45) is 0.956. The van der Waals surface area contributed by atoms with Crippen molar-refractivity contribution in [3.63, 3.8) is 0 Å². The molecule has 2 amide bonds. The molecule has 0 bridgehead atoms. The Bertz CT molecular complexity index is 1100. The number of nitrogens with one attached hydrogen (secondary N) is 2. The number of nitrogens with zero attached hydrogens (tertiary/aromatic N) is 2. The van der Waals surface area contributed by atoms with Gasteiger partial charge in [0.15, 0.2) is 0 Å². The normalized spacial score (nSPS) is 13.2. The lowest BCUT2D eigenvalue weighted by molar-refractivity contribution is -0.136. The Morgan fingerprint density at radius 3 is 2.67 bits per heavy atom. The molecular formula is C23H20N4O2S. The highest BCUT2D eigenvalue weighted by Crippen LogP contribution is 2.36. The lowest BCUT2D eigenvalue weighted by atomic mass is 10.1. The number of carbonyl (C=O) groups excluding carboxylic acids is 2. The average molecular weight is 417 g/mol. The second kappa shape index (κ2) is 8.80. The highest BCUT2D eigenvalue weighted by Gasteiger charge is 2.28. The smallest absolute Gasteiger partial charge is 0.313 e. The molecule has 0 saturated heterocycles. The summed E-state index contributed by atoms with van der Waals surface area (Å²) in [6.45, 7) is 1.17. The fourth-order valence-corrected chi connectivity index (χ4v) is 4.51. The number of amides is 2. The van der Waals surface area contributed by atoms with Crippen LogP contribution in [-0.2, 0) is 16.0 Å². The van der Waals surface area contributed by atoms with Crippen LogP contribution in [0, 0.1) is 11.3 Å². The van der Waals surface area contributed by atoms with Crippen molar-refractivity contribution in [1.29, 1.82) is 5.26 Å². The van der Waals surface area contributed by atoms with Crippen LogP contribution in [0.15, 0.2) is 66.0 Å². The van der Waals surface area contributed by atoms with E-state index in [2.05, 4.69) is 27.7 Å². The van der Waals surface area contributed by atoms with E-state index >= 15 is 0 Å². The van der Waals surface area contributed by atoms with E-state index in [0.717, 1.165) is 23.5 Å². The van der Waals surface area contributed by atoms with Gasteiger partial charge < -0.3 is 15.5 Å². The van der Waals surface area contributed by atoms with Gasteiger partial charge in [-0.2, -0.15) is 5.26 Å². The Balaban J connectivity index is 1.46. The first kappa shape index (κ1) is 19.7. The first-order valence-corrected chi connectivity index (χ1v) is 10.5. The third kappa shape index (κ3) is 4.04. The predicted octanol–water partition coefficient (Wildman–Crippen LogP) is 3.48. The van der Waals surface area contributed by atoms with Crippen LogP contribution in [0.5, 0.6) is 0 Å². The van der Waals surface area contributed by atoms with Crippen molar-refractivity contribution in [2.24, 2.45) is 0 Å². The molecule has 6 nitrogen and oxygen atoms in total. The number of benzene rings is 2. The quantitative estimate of drug-likeness (QED) is 0.624. The van der Waals surface area contributed by atoms with E-state index in [-0.39, 0.29) is 6.04 Å². The average Bonchev–Trinajstić information content (AvgIpc) is 3.45. The topological polar surface area (TPSA) is 85.2 Å². The maximum atomic E-state index is 12.5. The van der Waals surface area contributed by atoms with Gasteiger partial charge >= 0.3 is 11.8 Å². The Hall–Kier alpha value is -3.63. The Morgan fingerprint density at radius 2 is 1.87 bits per heavy atom. The molecule has 150 valence electrons. The van der Waals surface area contributed by atoms with Crippen LogP contribution in [-0.4, -0.2) is 24.9 Å². The summed E-state index contributed by atoms with van der Waals surface area (Å²) in [7, 11) is 0. The van der Waals surface area contributed by atoms with Gasteiger partial charge in [0.25, 0.3) is 0 Å². The van der Waals surface area contributed by atoms with Gasteiger partial charge in [0, 0.05) is 23.7 Å². The Kier molecular flexibility index (Phi) is 5.77. The summed E-state index contributed by atoms with van der Waals surface area (Å²) in [6, 6.07) is 20.8. The number of anilines is 2. The second-order valence-corrected chi connectivity index (χ2v) is 7.90. The summed E-state index contributed by atoms with van der Waals surface area (Å²) < 4.78 is 0. The summed E-state index contributed by atoms with van der Waals surface area (Å²) in [5.74, 6) is -1.51. The zero-order chi connectivity index (χ0) is 20.9. The van der Waals surface area contributed by atoms with Gasteiger partial charge in [-0.05, 0) is 41.6 Å². The Morgan fingerprint density at radius 1 is 1.07 bits per heavy atom. The van der Waals surface area contributed by atoms with Crippen LogP contribution in [0.4, 0.5) is 11.4 Å². The third-order valence-electron chi connectivity index (χ3n) is 5.13. The molecule has 1 aliphatic rings. The number of hydrogen-bond acceptors (Lipinski definition) is 5. The first-order chi connectivity index (χ1) is 14.7. The molecule has 2 heterocycles. The van der Waals surface area contributed by atoms with Crippen LogP contribution in [0.25, 0.3) is 0 Å². The molecular weight excluding hydrogens is 396 g/mol. The van der Waals surface area contributed by atoms with E-state index < -0.39 is 11.8 Å². The van der Waals surface area contributed by atoms with Gasteiger partial charge in [-0.1, -0.05) is 36.4 Å². The largest absolute Gasteiger partial charge is 0.361 e. The van der Waals surface area contributed by atoms with Crippen molar-refractivity contribution < 1.29 is 9.59 Å². The van der Waals surface area contributed by atoms with Gasteiger partial charge in [0.05, 0.1) is 17.3 Å². The van der Waals surface area contributed by atoms with E-state index in [1.807, 2.05) is 35.7 Å². The maximum absolute atomic E-state index is 12.5. The highest BCUT2D eigenvalue weighted by molar-refractivity contribution is 7.10. The van der Waals surface area contributed by atoms with Gasteiger partial charge in [0.2, 0.25) is 0 Å². The van der Waals surface area contributed by atoms with E-state index in [4.69, 9.17) is 5.26 Å². The van der Waals surface area contributed by atoms with Gasteiger partial charge in [-0.15, -0.1) is 11.3 Å². The molecule has 7 heteroatoms. The molecule has 3 aromatic rings. The molecule has 2 aromatic carbocycles. The van der Waals surface area contributed by atoms with Crippen molar-refractivity contribution in [3.8, 4) is 6.07 Å². The third-order valence-corrected chi connectivity index (χ3v) is 6.10. The summed E-state index contributed by atoms with van der Waals surface area (Å²) in [4.78, 5) is 28.2. The van der Waals surface area contributed by atoms with Crippen molar-refractivity contribution in [1.82, 2.24) is 5.32 Å². The molecule has 30 heavy (non-hydrogen) atoms. The fourth-order valence-electron chi connectivity index (χ4n) is 3.67.